The van der Waals surface area contributed by atoms with E-state index in [1.165, 1.54) is 0 Å². The summed E-state index contributed by atoms with van der Waals surface area (Å²) >= 11 is 0. The van der Waals surface area contributed by atoms with Crippen molar-refractivity contribution in [2.24, 2.45) is 5.92 Å². The Kier molecular flexibility index (Phi) is 5.79. The lowest BCUT2D eigenvalue weighted by atomic mass is 9.93. The average molecular weight is 285 g/mol. The molecule has 0 aromatic carbocycles. The predicted molar refractivity (Wildman–Crippen MR) is 71.3 cm³/mol. The number of rotatable bonds is 5. The van der Waals surface area contributed by atoms with Crippen LogP contribution < -0.4 is 5.32 Å². The number of aliphatic carboxylic acids is 1. The Balaban J connectivity index is 1.83. The molecular weight excluding hydrogens is 262 g/mol. The van der Waals surface area contributed by atoms with Crippen LogP contribution in [0.5, 0.6) is 0 Å². The maximum atomic E-state index is 12.0. The molecule has 2 heterocycles. The van der Waals surface area contributed by atoms with E-state index in [-0.39, 0.29) is 24.3 Å². The standard InChI is InChI=1S/C14H23NO5/c16-12(8-11-5-1-2-7-20-11)15-13(14(17)18)10-4-3-6-19-9-10/h10-11,13H,1-9H2,(H,15,16)(H,17,18). The Morgan fingerprint density at radius 3 is 2.65 bits per heavy atom. The highest BCUT2D eigenvalue weighted by molar-refractivity contribution is 5.84. The molecule has 6 nitrogen and oxygen atoms in total. The van der Waals surface area contributed by atoms with Crippen molar-refractivity contribution >= 4 is 11.9 Å². The molecule has 2 aliphatic heterocycles. The first kappa shape index (κ1) is 15.3. The van der Waals surface area contributed by atoms with Gasteiger partial charge in [0.25, 0.3) is 0 Å². The minimum absolute atomic E-state index is 0.0687. The molecule has 2 rings (SSSR count). The molecule has 0 saturated carbocycles. The fraction of sp³-hybridized carbons (Fsp3) is 0.857. The lowest BCUT2D eigenvalue weighted by molar-refractivity contribution is -0.145. The van der Waals surface area contributed by atoms with Crippen molar-refractivity contribution in [1.29, 1.82) is 0 Å². The number of hydrogen-bond donors (Lipinski definition) is 2. The third-order valence-corrected chi connectivity index (χ3v) is 3.94. The van der Waals surface area contributed by atoms with Crippen LogP contribution in [0.4, 0.5) is 0 Å². The third kappa shape index (κ3) is 4.45. The normalized spacial score (nSPS) is 28.6. The highest BCUT2D eigenvalue weighted by Gasteiger charge is 2.32. The van der Waals surface area contributed by atoms with Crippen molar-refractivity contribution in [2.75, 3.05) is 19.8 Å². The van der Waals surface area contributed by atoms with Crippen molar-refractivity contribution in [3.63, 3.8) is 0 Å². The minimum atomic E-state index is -0.988. The van der Waals surface area contributed by atoms with Gasteiger partial charge in [-0.1, -0.05) is 0 Å². The quantitative estimate of drug-likeness (QED) is 0.785. The molecule has 0 radical (unpaired) electrons. The number of carboxylic acids is 1. The first-order chi connectivity index (χ1) is 9.66. The molecule has 0 aromatic rings. The molecule has 0 spiro atoms. The van der Waals surface area contributed by atoms with E-state index in [4.69, 9.17) is 9.47 Å². The minimum Gasteiger partial charge on any atom is -0.480 e. The molecule has 2 saturated heterocycles. The van der Waals surface area contributed by atoms with Gasteiger partial charge in [-0.3, -0.25) is 4.79 Å². The molecule has 2 aliphatic rings. The molecule has 20 heavy (non-hydrogen) atoms. The van der Waals surface area contributed by atoms with Gasteiger partial charge in [-0.15, -0.1) is 0 Å². The summed E-state index contributed by atoms with van der Waals surface area (Å²) in [5.41, 5.74) is 0. The fourth-order valence-electron chi connectivity index (χ4n) is 2.82. The molecule has 2 fully saturated rings. The van der Waals surface area contributed by atoms with Crippen LogP contribution in [0.25, 0.3) is 0 Å². The Bertz CT molecular complexity index is 334. The van der Waals surface area contributed by atoms with Gasteiger partial charge < -0.3 is 19.9 Å². The van der Waals surface area contributed by atoms with Crippen molar-refractivity contribution in [3.05, 3.63) is 0 Å². The number of hydrogen-bond acceptors (Lipinski definition) is 4. The second-order valence-electron chi connectivity index (χ2n) is 5.55. The van der Waals surface area contributed by atoms with Crippen LogP contribution in [0, 0.1) is 5.92 Å². The van der Waals surface area contributed by atoms with Crippen LogP contribution in [-0.4, -0.2) is 48.9 Å². The van der Waals surface area contributed by atoms with Gasteiger partial charge in [-0.25, -0.2) is 4.79 Å². The summed E-state index contributed by atoms with van der Waals surface area (Å²) < 4.78 is 10.8. The summed E-state index contributed by atoms with van der Waals surface area (Å²) in [5, 5.41) is 11.9. The predicted octanol–water partition coefficient (Wildman–Crippen LogP) is 0.942. The summed E-state index contributed by atoms with van der Waals surface area (Å²) in [6.45, 7) is 1.76. The highest BCUT2D eigenvalue weighted by atomic mass is 16.5. The molecular formula is C14H23NO5. The average Bonchev–Trinajstić information content (AvgIpc) is 2.46. The van der Waals surface area contributed by atoms with E-state index in [0.717, 1.165) is 32.1 Å². The highest BCUT2D eigenvalue weighted by Crippen LogP contribution is 2.19. The number of ether oxygens (including phenoxy) is 2. The van der Waals surface area contributed by atoms with Gasteiger partial charge in [-0.05, 0) is 32.1 Å². The van der Waals surface area contributed by atoms with Crippen molar-refractivity contribution < 1.29 is 24.2 Å². The number of nitrogens with one attached hydrogen (secondary N) is 1. The first-order valence-corrected chi connectivity index (χ1v) is 7.38. The van der Waals surface area contributed by atoms with Crippen molar-refractivity contribution in [2.45, 2.75) is 50.7 Å². The van der Waals surface area contributed by atoms with Crippen molar-refractivity contribution in [3.8, 4) is 0 Å². The Labute approximate surface area is 118 Å². The van der Waals surface area contributed by atoms with Gasteiger partial charge in [0.1, 0.15) is 6.04 Å². The molecule has 0 aliphatic carbocycles. The summed E-state index contributed by atoms with van der Waals surface area (Å²) in [6.07, 6.45) is 4.77. The molecule has 1 amide bonds. The third-order valence-electron chi connectivity index (χ3n) is 3.94. The van der Waals surface area contributed by atoms with Gasteiger partial charge in [0.15, 0.2) is 0 Å². The molecule has 0 bridgehead atoms. The fourth-order valence-corrected chi connectivity index (χ4v) is 2.82. The zero-order valence-electron chi connectivity index (χ0n) is 11.7. The number of carbonyl (C=O) groups is 2. The largest absolute Gasteiger partial charge is 0.480 e. The SMILES string of the molecule is O=C(CC1CCCCO1)NC(C(=O)O)C1CCCOC1. The van der Waals surface area contributed by atoms with Crippen LogP contribution in [0.2, 0.25) is 0 Å². The van der Waals surface area contributed by atoms with Crippen LogP contribution in [0.15, 0.2) is 0 Å². The van der Waals surface area contributed by atoms with Crippen molar-refractivity contribution in [1.82, 2.24) is 5.32 Å². The van der Waals surface area contributed by atoms with Crippen LogP contribution in [-0.2, 0) is 19.1 Å². The van der Waals surface area contributed by atoms with E-state index >= 15 is 0 Å². The van der Waals surface area contributed by atoms with E-state index in [1.807, 2.05) is 0 Å². The maximum absolute atomic E-state index is 12.0. The van der Waals surface area contributed by atoms with E-state index in [0.29, 0.717) is 19.8 Å². The van der Waals surface area contributed by atoms with Crippen LogP contribution >= 0.6 is 0 Å². The zero-order valence-corrected chi connectivity index (χ0v) is 11.7. The summed E-state index contributed by atoms with van der Waals surface area (Å²) in [7, 11) is 0. The van der Waals surface area contributed by atoms with Gasteiger partial charge in [0.05, 0.1) is 19.1 Å². The lowest BCUT2D eigenvalue weighted by Crippen LogP contribution is -2.49. The second-order valence-corrected chi connectivity index (χ2v) is 5.55. The topological polar surface area (TPSA) is 84.9 Å². The summed E-state index contributed by atoms with van der Waals surface area (Å²) in [6, 6.07) is -0.855. The van der Waals surface area contributed by atoms with E-state index in [2.05, 4.69) is 5.32 Å². The molecule has 3 unspecified atom stereocenters. The van der Waals surface area contributed by atoms with Crippen LogP contribution in [0.3, 0.4) is 0 Å². The van der Waals surface area contributed by atoms with Crippen LogP contribution in [0.1, 0.15) is 38.5 Å². The molecule has 114 valence electrons. The molecule has 6 heteroatoms. The van der Waals surface area contributed by atoms with Gasteiger partial charge in [-0.2, -0.15) is 0 Å². The Morgan fingerprint density at radius 2 is 2.05 bits per heavy atom. The second kappa shape index (κ2) is 7.59. The maximum Gasteiger partial charge on any atom is 0.326 e. The first-order valence-electron chi connectivity index (χ1n) is 7.38. The molecule has 0 aromatic heterocycles. The zero-order chi connectivity index (χ0) is 14.4. The monoisotopic (exact) mass is 285 g/mol. The number of carboxylic acid groups (broad SMARTS) is 1. The Hall–Kier alpha value is -1.14. The lowest BCUT2D eigenvalue weighted by Gasteiger charge is -2.29. The number of amides is 1. The molecule has 2 N–H and O–H groups in total. The summed E-state index contributed by atoms with van der Waals surface area (Å²) in [4.78, 5) is 23.3. The van der Waals surface area contributed by atoms with Gasteiger partial charge in [0, 0.05) is 19.1 Å². The smallest absolute Gasteiger partial charge is 0.326 e. The van der Waals surface area contributed by atoms with E-state index < -0.39 is 12.0 Å². The van der Waals surface area contributed by atoms with E-state index in [1.54, 1.807) is 0 Å². The van der Waals surface area contributed by atoms with Gasteiger partial charge in [0.2, 0.25) is 5.91 Å². The van der Waals surface area contributed by atoms with Gasteiger partial charge >= 0.3 is 5.97 Å². The number of carbonyl (C=O) groups excluding carboxylic acids is 1. The Morgan fingerprint density at radius 1 is 1.20 bits per heavy atom. The summed E-state index contributed by atoms with van der Waals surface area (Å²) in [5.74, 6) is -1.37. The van der Waals surface area contributed by atoms with E-state index in [9.17, 15) is 14.7 Å². The molecule has 3 atom stereocenters.